The van der Waals surface area contributed by atoms with E-state index >= 15 is 0 Å². The number of hydrogen-bond donors (Lipinski definition) is 1. The summed E-state index contributed by atoms with van der Waals surface area (Å²) in [6.07, 6.45) is 4.02. The number of rotatable bonds is 11. The molecule has 1 aliphatic rings. The molecule has 1 N–H and O–H groups in total. The van der Waals surface area contributed by atoms with Crippen molar-refractivity contribution in [1.82, 2.24) is 4.31 Å². The van der Waals surface area contributed by atoms with Gasteiger partial charge >= 0.3 is 0 Å². The summed E-state index contributed by atoms with van der Waals surface area (Å²) in [6, 6.07) is 11.0. The quantitative estimate of drug-likeness (QED) is 0.466. The van der Waals surface area contributed by atoms with Crippen molar-refractivity contribution in [2.75, 3.05) is 49.7 Å². The number of hydrogen-bond acceptors (Lipinski definition) is 7. The molecule has 198 valence electrons. The predicted molar refractivity (Wildman–Crippen MR) is 139 cm³/mol. The monoisotopic (exact) mass is 539 g/mol. The molecule has 0 aromatic heterocycles. The SMILES string of the molecule is COc1ccc(N(CCCC(=O)Nc2cc(S(=O)(=O)N3CCCCC3)ccc2OC)S(C)(=O)=O)cc1. The van der Waals surface area contributed by atoms with Gasteiger partial charge in [-0.1, -0.05) is 6.42 Å². The van der Waals surface area contributed by atoms with Gasteiger partial charge in [0, 0.05) is 26.1 Å². The zero-order chi connectivity index (χ0) is 26.3. The molecule has 0 atom stereocenters. The number of piperidine rings is 1. The Kier molecular flexibility index (Phi) is 9.20. The van der Waals surface area contributed by atoms with Gasteiger partial charge in [-0.05, 0) is 61.7 Å². The molecule has 0 aliphatic carbocycles. The number of carbonyl (C=O) groups excluding carboxylic acids is 1. The zero-order valence-electron chi connectivity index (χ0n) is 20.8. The Morgan fingerprint density at radius 3 is 2.22 bits per heavy atom. The average molecular weight is 540 g/mol. The van der Waals surface area contributed by atoms with Crippen LogP contribution in [0.15, 0.2) is 47.4 Å². The van der Waals surface area contributed by atoms with Crippen LogP contribution in [0.5, 0.6) is 11.5 Å². The van der Waals surface area contributed by atoms with E-state index in [1.165, 1.54) is 41.0 Å². The summed E-state index contributed by atoms with van der Waals surface area (Å²) in [5, 5.41) is 2.71. The van der Waals surface area contributed by atoms with E-state index in [0.717, 1.165) is 25.5 Å². The van der Waals surface area contributed by atoms with E-state index in [1.807, 2.05) is 0 Å². The molecule has 10 nitrogen and oxygen atoms in total. The highest BCUT2D eigenvalue weighted by Crippen LogP contribution is 2.30. The highest BCUT2D eigenvalue weighted by molar-refractivity contribution is 7.92. The van der Waals surface area contributed by atoms with Gasteiger partial charge in [-0.15, -0.1) is 0 Å². The van der Waals surface area contributed by atoms with E-state index in [4.69, 9.17) is 9.47 Å². The predicted octanol–water partition coefficient (Wildman–Crippen LogP) is 3.06. The van der Waals surface area contributed by atoms with E-state index in [0.29, 0.717) is 30.3 Å². The fourth-order valence-electron chi connectivity index (χ4n) is 4.03. The second kappa shape index (κ2) is 11.9. The number of carbonyl (C=O) groups is 1. The lowest BCUT2D eigenvalue weighted by Gasteiger charge is -2.26. The van der Waals surface area contributed by atoms with Crippen LogP contribution in [0.25, 0.3) is 0 Å². The van der Waals surface area contributed by atoms with Crippen molar-refractivity contribution < 1.29 is 31.1 Å². The van der Waals surface area contributed by atoms with Gasteiger partial charge in [0.25, 0.3) is 0 Å². The third-order valence-corrected chi connectivity index (χ3v) is 9.01. The van der Waals surface area contributed by atoms with Crippen molar-refractivity contribution in [3.8, 4) is 11.5 Å². The van der Waals surface area contributed by atoms with Gasteiger partial charge in [0.05, 0.1) is 36.7 Å². The molecule has 0 spiro atoms. The summed E-state index contributed by atoms with van der Waals surface area (Å²) in [7, 11) is -4.29. The van der Waals surface area contributed by atoms with Crippen LogP contribution in [-0.4, -0.2) is 67.2 Å². The number of amides is 1. The lowest BCUT2D eigenvalue weighted by Crippen LogP contribution is -2.35. The Balaban J connectivity index is 1.68. The van der Waals surface area contributed by atoms with Crippen LogP contribution in [0, 0.1) is 0 Å². The fraction of sp³-hybridized carbons (Fsp3) is 0.458. The first kappa shape index (κ1) is 27.8. The van der Waals surface area contributed by atoms with Crippen molar-refractivity contribution >= 4 is 37.3 Å². The number of nitrogens with zero attached hydrogens (tertiary/aromatic N) is 2. The number of sulfonamides is 2. The van der Waals surface area contributed by atoms with Crippen LogP contribution in [0.2, 0.25) is 0 Å². The minimum atomic E-state index is -3.68. The Morgan fingerprint density at radius 1 is 0.972 bits per heavy atom. The molecule has 0 bridgehead atoms. The number of nitrogens with one attached hydrogen (secondary N) is 1. The fourth-order valence-corrected chi connectivity index (χ4v) is 6.54. The zero-order valence-corrected chi connectivity index (χ0v) is 22.4. The van der Waals surface area contributed by atoms with Crippen molar-refractivity contribution in [3.05, 3.63) is 42.5 Å². The van der Waals surface area contributed by atoms with Gasteiger partial charge in [-0.25, -0.2) is 16.8 Å². The summed E-state index contributed by atoms with van der Waals surface area (Å²) in [4.78, 5) is 12.8. The standard InChI is InChI=1S/C24H33N3O7S2/c1-33-20-11-9-19(10-12-20)27(35(3,29)30)17-7-8-24(28)25-22-18-21(13-14-23(22)34-2)36(31,32)26-15-5-4-6-16-26/h9-14,18H,4-8,15-17H2,1-3H3,(H,25,28). The van der Waals surface area contributed by atoms with Crippen LogP contribution >= 0.6 is 0 Å². The van der Waals surface area contributed by atoms with Gasteiger partial charge in [-0.2, -0.15) is 4.31 Å². The van der Waals surface area contributed by atoms with Crippen LogP contribution in [-0.2, 0) is 24.8 Å². The van der Waals surface area contributed by atoms with Gasteiger partial charge in [-0.3, -0.25) is 9.10 Å². The maximum absolute atomic E-state index is 13.0. The Labute approximate surface area is 213 Å². The molecule has 0 unspecified atom stereocenters. The highest BCUT2D eigenvalue weighted by Gasteiger charge is 2.27. The first-order valence-electron chi connectivity index (χ1n) is 11.7. The largest absolute Gasteiger partial charge is 0.497 e. The summed E-state index contributed by atoms with van der Waals surface area (Å²) in [5.74, 6) is 0.547. The number of anilines is 2. The Bertz CT molecular complexity index is 1260. The summed E-state index contributed by atoms with van der Waals surface area (Å²) < 4.78 is 63.8. The molecule has 2 aromatic carbocycles. The molecule has 12 heteroatoms. The smallest absolute Gasteiger partial charge is 0.243 e. The molecular formula is C24H33N3O7S2. The minimum absolute atomic E-state index is 0.0223. The molecule has 1 saturated heterocycles. The number of methoxy groups -OCH3 is 2. The molecule has 2 aromatic rings. The Morgan fingerprint density at radius 2 is 1.64 bits per heavy atom. The molecule has 1 amide bonds. The Hall–Kier alpha value is -2.83. The van der Waals surface area contributed by atoms with E-state index in [1.54, 1.807) is 24.3 Å². The average Bonchev–Trinajstić information content (AvgIpc) is 2.86. The molecule has 0 saturated carbocycles. The van der Waals surface area contributed by atoms with Gasteiger partial charge in [0.1, 0.15) is 11.5 Å². The number of ether oxygens (including phenoxy) is 2. The van der Waals surface area contributed by atoms with E-state index in [9.17, 15) is 21.6 Å². The lowest BCUT2D eigenvalue weighted by atomic mass is 10.2. The second-order valence-corrected chi connectivity index (χ2v) is 12.4. The van der Waals surface area contributed by atoms with Crippen molar-refractivity contribution in [3.63, 3.8) is 0 Å². The second-order valence-electron chi connectivity index (χ2n) is 8.51. The minimum Gasteiger partial charge on any atom is -0.497 e. The first-order valence-corrected chi connectivity index (χ1v) is 14.9. The van der Waals surface area contributed by atoms with Crippen LogP contribution in [0.4, 0.5) is 11.4 Å². The normalized spacial score (nSPS) is 14.8. The van der Waals surface area contributed by atoms with Crippen molar-refractivity contribution in [2.24, 2.45) is 0 Å². The third kappa shape index (κ3) is 6.89. The number of benzene rings is 2. The van der Waals surface area contributed by atoms with Crippen molar-refractivity contribution in [1.29, 1.82) is 0 Å². The van der Waals surface area contributed by atoms with Gasteiger partial charge in [0.15, 0.2) is 0 Å². The maximum atomic E-state index is 13.0. The van der Waals surface area contributed by atoms with E-state index in [2.05, 4.69) is 5.32 Å². The van der Waals surface area contributed by atoms with Crippen LogP contribution < -0.4 is 19.1 Å². The molecule has 3 rings (SSSR count). The molecular weight excluding hydrogens is 506 g/mol. The third-order valence-electron chi connectivity index (χ3n) is 5.92. The highest BCUT2D eigenvalue weighted by atomic mass is 32.2. The molecule has 1 fully saturated rings. The summed E-state index contributed by atoms with van der Waals surface area (Å²) >= 11 is 0. The van der Waals surface area contributed by atoms with Crippen LogP contribution in [0.3, 0.4) is 0 Å². The van der Waals surface area contributed by atoms with Crippen molar-refractivity contribution in [2.45, 2.75) is 37.0 Å². The van der Waals surface area contributed by atoms with E-state index in [-0.39, 0.29) is 35.9 Å². The lowest BCUT2D eigenvalue weighted by molar-refractivity contribution is -0.116. The summed E-state index contributed by atoms with van der Waals surface area (Å²) in [6.45, 7) is 1.04. The van der Waals surface area contributed by atoms with E-state index < -0.39 is 20.0 Å². The molecule has 1 aliphatic heterocycles. The van der Waals surface area contributed by atoms with Gasteiger partial charge < -0.3 is 14.8 Å². The molecule has 36 heavy (non-hydrogen) atoms. The topological polar surface area (TPSA) is 122 Å². The first-order chi connectivity index (χ1) is 17.1. The van der Waals surface area contributed by atoms with Gasteiger partial charge in [0.2, 0.25) is 26.0 Å². The molecule has 0 radical (unpaired) electrons. The maximum Gasteiger partial charge on any atom is 0.243 e. The van der Waals surface area contributed by atoms with Crippen LogP contribution in [0.1, 0.15) is 32.1 Å². The molecule has 1 heterocycles. The summed E-state index contributed by atoms with van der Waals surface area (Å²) in [5.41, 5.74) is 0.715.